The molecule has 0 aliphatic carbocycles. The second-order valence-corrected chi connectivity index (χ2v) is 3.55. The zero-order valence-electron chi connectivity index (χ0n) is 7.66. The summed E-state index contributed by atoms with van der Waals surface area (Å²) in [6.07, 6.45) is 1.81. The average Bonchev–Trinajstić information content (AvgIpc) is 2.47. The zero-order chi connectivity index (χ0) is 10.3. The summed E-state index contributed by atoms with van der Waals surface area (Å²) in [7, 11) is 1.81. The Morgan fingerprint density at radius 3 is 3.00 bits per heavy atom. The summed E-state index contributed by atoms with van der Waals surface area (Å²) in [6.45, 7) is -0.130. The standard InChI is InChI=1S/C9H10ClN3O/c1-13-3-5-6(4-14)9(11)7(10)2-8(5)12-13/h2-3,14H,4,11H2,1H3. The summed E-state index contributed by atoms with van der Waals surface area (Å²) in [5.74, 6) is 0. The first kappa shape index (κ1) is 9.30. The Labute approximate surface area is 85.9 Å². The van der Waals surface area contributed by atoms with Gasteiger partial charge in [-0.1, -0.05) is 11.6 Å². The van der Waals surface area contributed by atoms with E-state index < -0.39 is 0 Å². The molecule has 0 spiro atoms. The summed E-state index contributed by atoms with van der Waals surface area (Å²) < 4.78 is 1.67. The van der Waals surface area contributed by atoms with E-state index in [1.54, 1.807) is 10.7 Å². The summed E-state index contributed by atoms with van der Waals surface area (Å²) in [4.78, 5) is 0. The molecular formula is C9H10ClN3O. The van der Waals surface area contributed by atoms with Crippen molar-refractivity contribution >= 4 is 28.2 Å². The van der Waals surface area contributed by atoms with E-state index >= 15 is 0 Å². The lowest BCUT2D eigenvalue weighted by atomic mass is 10.1. The number of aliphatic hydroxyl groups excluding tert-OH is 1. The van der Waals surface area contributed by atoms with E-state index in [9.17, 15) is 5.11 Å². The molecule has 0 saturated carbocycles. The van der Waals surface area contributed by atoms with Crippen LogP contribution in [0.5, 0.6) is 0 Å². The van der Waals surface area contributed by atoms with Crippen LogP contribution in [-0.4, -0.2) is 14.9 Å². The molecule has 4 nitrogen and oxygen atoms in total. The van der Waals surface area contributed by atoms with Gasteiger partial charge in [-0.25, -0.2) is 0 Å². The van der Waals surface area contributed by atoms with E-state index in [1.807, 2.05) is 13.2 Å². The Bertz CT molecular complexity index is 492. The largest absolute Gasteiger partial charge is 0.397 e. The number of aromatic nitrogens is 2. The summed E-state index contributed by atoms with van der Waals surface area (Å²) in [6, 6.07) is 1.70. The normalized spacial score (nSPS) is 11.1. The molecule has 2 aromatic rings. The molecule has 0 fully saturated rings. The highest BCUT2D eigenvalue weighted by molar-refractivity contribution is 6.34. The minimum Gasteiger partial charge on any atom is -0.397 e. The third-order valence-electron chi connectivity index (χ3n) is 2.19. The van der Waals surface area contributed by atoms with E-state index in [0.717, 1.165) is 10.9 Å². The summed E-state index contributed by atoms with van der Waals surface area (Å²) in [5, 5.41) is 14.6. The molecule has 0 atom stereocenters. The van der Waals surface area contributed by atoms with Gasteiger partial charge in [0.05, 0.1) is 22.8 Å². The highest BCUT2D eigenvalue weighted by Crippen LogP contribution is 2.30. The molecule has 74 valence electrons. The minimum absolute atomic E-state index is 0.130. The molecule has 0 saturated heterocycles. The van der Waals surface area contributed by atoms with Gasteiger partial charge in [0.1, 0.15) is 0 Å². The molecule has 1 aromatic carbocycles. The van der Waals surface area contributed by atoms with Crippen molar-refractivity contribution in [1.82, 2.24) is 9.78 Å². The second-order valence-electron chi connectivity index (χ2n) is 3.14. The van der Waals surface area contributed by atoms with E-state index in [4.69, 9.17) is 17.3 Å². The van der Waals surface area contributed by atoms with Gasteiger partial charge in [-0.3, -0.25) is 4.68 Å². The monoisotopic (exact) mass is 211 g/mol. The smallest absolute Gasteiger partial charge is 0.0943 e. The van der Waals surface area contributed by atoms with Gasteiger partial charge in [-0.05, 0) is 6.07 Å². The lowest BCUT2D eigenvalue weighted by Crippen LogP contribution is -1.95. The molecule has 1 heterocycles. The van der Waals surface area contributed by atoms with Crippen LogP contribution in [0.3, 0.4) is 0 Å². The van der Waals surface area contributed by atoms with Crippen LogP contribution in [0.1, 0.15) is 5.56 Å². The van der Waals surface area contributed by atoms with Crippen molar-refractivity contribution in [3.05, 3.63) is 22.8 Å². The number of nitrogens with two attached hydrogens (primary N) is 1. The predicted molar refractivity (Wildman–Crippen MR) is 56.1 cm³/mol. The average molecular weight is 212 g/mol. The maximum Gasteiger partial charge on any atom is 0.0943 e. The van der Waals surface area contributed by atoms with E-state index in [0.29, 0.717) is 16.3 Å². The van der Waals surface area contributed by atoms with Gasteiger partial charge in [0.25, 0.3) is 0 Å². The molecule has 14 heavy (non-hydrogen) atoms. The molecule has 3 N–H and O–H groups in total. The Balaban J connectivity index is 2.87. The fourth-order valence-corrected chi connectivity index (χ4v) is 1.72. The molecule has 2 rings (SSSR count). The minimum atomic E-state index is -0.130. The lowest BCUT2D eigenvalue weighted by molar-refractivity contribution is 0.284. The van der Waals surface area contributed by atoms with E-state index in [2.05, 4.69) is 5.10 Å². The summed E-state index contributed by atoms with van der Waals surface area (Å²) >= 11 is 5.90. The lowest BCUT2D eigenvalue weighted by Gasteiger charge is -2.04. The molecule has 0 unspecified atom stereocenters. The van der Waals surface area contributed by atoms with Gasteiger partial charge in [-0.15, -0.1) is 0 Å². The summed E-state index contributed by atoms with van der Waals surface area (Å²) in [5.41, 5.74) is 7.55. The van der Waals surface area contributed by atoms with Gasteiger partial charge >= 0.3 is 0 Å². The first-order valence-electron chi connectivity index (χ1n) is 4.14. The van der Waals surface area contributed by atoms with Crippen LogP contribution < -0.4 is 5.73 Å². The maximum absolute atomic E-state index is 9.17. The molecule has 0 aliphatic rings. The van der Waals surface area contributed by atoms with Crippen molar-refractivity contribution < 1.29 is 5.11 Å². The Hall–Kier alpha value is -1.26. The van der Waals surface area contributed by atoms with Crippen LogP contribution in [0.25, 0.3) is 10.9 Å². The molecule has 1 aromatic heterocycles. The van der Waals surface area contributed by atoms with Crippen molar-refractivity contribution in [2.75, 3.05) is 5.73 Å². The van der Waals surface area contributed by atoms with Gasteiger partial charge in [0, 0.05) is 24.2 Å². The number of hydrogen-bond acceptors (Lipinski definition) is 3. The van der Waals surface area contributed by atoms with Gasteiger partial charge in [0.15, 0.2) is 0 Å². The fourth-order valence-electron chi connectivity index (χ4n) is 1.50. The predicted octanol–water partition coefficient (Wildman–Crippen LogP) is 1.30. The Morgan fingerprint density at radius 2 is 2.36 bits per heavy atom. The topological polar surface area (TPSA) is 64.1 Å². The van der Waals surface area contributed by atoms with Crippen molar-refractivity contribution in [2.45, 2.75) is 6.61 Å². The second kappa shape index (κ2) is 3.15. The van der Waals surface area contributed by atoms with Gasteiger partial charge in [0.2, 0.25) is 0 Å². The van der Waals surface area contributed by atoms with Crippen LogP contribution in [0, 0.1) is 0 Å². The number of anilines is 1. The highest BCUT2D eigenvalue weighted by atomic mass is 35.5. The molecule has 5 heteroatoms. The fraction of sp³-hybridized carbons (Fsp3) is 0.222. The Kier molecular flexibility index (Phi) is 2.09. The van der Waals surface area contributed by atoms with Crippen molar-refractivity contribution in [3.8, 4) is 0 Å². The van der Waals surface area contributed by atoms with Crippen molar-refractivity contribution in [3.63, 3.8) is 0 Å². The number of nitrogens with zero attached hydrogens (tertiary/aromatic N) is 2. The highest BCUT2D eigenvalue weighted by Gasteiger charge is 2.11. The van der Waals surface area contributed by atoms with Crippen LogP contribution in [0.4, 0.5) is 5.69 Å². The first-order valence-corrected chi connectivity index (χ1v) is 4.52. The SMILES string of the molecule is Cn1cc2c(CO)c(N)c(Cl)cc2n1. The van der Waals surface area contributed by atoms with Crippen LogP contribution in [-0.2, 0) is 13.7 Å². The van der Waals surface area contributed by atoms with Crippen molar-refractivity contribution in [1.29, 1.82) is 0 Å². The number of benzene rings is 1. The van der Waals surface area contributed by atoms with Gasteiger partial charge in [-0.2, -0.15) is 5.10 Å². The van der Waals surface area contributed by atoms with Gasteiger partial charge < -0.3 is 10.8 Å². The van der Waals surface area contributed by atoms with Crippen LogP contribution >= 0.6 is 11.6 Å². The molecule has 0 radical (unpaired) electrons. The number of halogens is 1. The third kappa shape index (κ3) is 1.23. The maximum atomic E-state index is 9.17. The molecule has 0 aliphatic heterocycles. The zero-order valence-corrected chi connectivity index (χ0v) is 8.41. The number of aryl methyl sites for hydroxylation is 1. The number of nitrogen functional groups attached to an aromatic ring is 1. The molecular weight excluding hydrogens is 202 g/mol. The Morgan fingerprint density at radius 1 is 1.64 bits per heavy atom. The van der Waals surface area contributed by atoms with Crippen LogP contribution in [0.2, 0.25) is 5.02 Å². The van der Waals surface area contributed by atoms with Crippen molar-refractivity contribution in [2.24, 2.45) is 7.05 Å². The first-order chi connectivity index (χ1) is 6.63. The number of aliphatic hydroxyl groups is 1. The molecule has 0 amide bonds. The molecule has 0 bridgehead atoms. The quantitative estimate of drug-likeness (QED) is 0.699. The van der Waals surface area contributed by atoms with E-state index in [1.165, 1.54) is 0 Å². The third-order valence-corrected chi connectivity index (χ3v) is 2.50. The van der Waals surface area contributed by atoms with Crippen LogP contribution in [0.15, 0.2) is 12.3 Å². The van der Waals surface area contributed by atoms with E-state index in [-0.39, 0.29) is 6.61 Å². The number of fused-ring (bicyclic) bond motifs is 1. The number of rotatable bonds is 1. The number of hydrogen-bond donors (Lipinski definition) is 2.